The van der Waals surface area contributed by atoms with E-state index in [1.54, 1.807) is 0 Å². The van der Waals surface area contributed by atoms with Crippen molar-refractivity contribution in [3.63, 3.8) is 0 Å². The van der Waals surface area contributed by atoms with Gasteiger partial charge in [0.1, 0.15) is 0 Å². The topological polar surface area (TPSA) is 35.0 Å². The van der Waals surface area contributed by atoms with Crippen molar-refractivity contribution in [2.75, 3.05) is 0 Å². The molecule has 2 bridgehead atoms. The monoisotopic (exact) mass is 243 g/mol. The Labute approximate surface area is 86.6 Å². The third kappa shape index (κ3) is 1.17. The van der Waals surface area contributed by atoms with Crippen LogP contribution in [0.3, 0.4) is 0 Å². The van der Waals surface area contributed by atoms with E-state index in [0.717, 1.165) is 18.2 Å². The summed E-state index contributed by atoms with van der Waals surface area (Å²) < 4.78 is 75.2. The van der Waals surface area contributed by atoms with Crippen LogP contribution in [-0.2, 0) is 5.41 Å². The van der Waals surface area contributed by atoms with Gasteiger partial charge in [-0.15, -0.1) is 0 Å². The minimum absolute atomic E-state index is 0. The van der Waals surface area contributed by atoms with Crippen molar-refractivity contribution < 1.29 is 26.3 Å². The summed E-state index contributed by atoms with van der Waals surface area (Å²) >= 11 is 0. The van der Waals surface area contributed by atoms with Gasteiger partial charge in [0.05, 0.1) is 0 Å². The number of alkyl halides is 6. The first kappa shape index (κ1) is 12.8. The molecule has 0 aromatic heterocycles. The molecule has 1 aromatic rings. The number of fused-ring (bicyclic) bond motifs is 2. The predicted octanol–water partition coefficient (Wildman–Crippen LogP) is 3.57. The van der Waals surface area contributed by atoms with E-state index in [0.29, 0.717) is 0 Å². The summed E-state index contributed by atoms with van der Waals surface area (Å²) in [5.41, 5.74) is -5.23. The van der Waals surface area contributed by atoms with Gasteiger partial charge >= 0.3 is 12.4 Å². The Bertz CT molecular complexity index is 362. The molecule has 2 aliphatic carbocycles. The van der Waals surface area contributed by atoms with E-state index in [1.165, 1.54) is 6.07 Å². The quantitative estimate of drug-likeness (QED) is 0.694. The Morgan fingerprint density at radius 2 is 1.19 bits per heavy atom. The summed E-state index contributed by atoms with van der Waals surface area (Å²) in [4.78, 5) is 0. The molecule has 0 spiro atoms. The minimum Gasteiger partial charge on any atom is -0.344 e. The molecule has 2 aliphatic rings. The van der Waals surface area contributed by atoms with Crippen molar-refractivity contribution >= 4 is 0 Å². The van der Waals surface area contributed by atoms with E-state index in [2.05, 4.69) is 0 Å². The van der Waals surface area contributed by atoms with Gasteiger partial charge in [-0.2, -0.15) is 26.3 Å². The number of hydrogen-bond donors (Lipinski definition) is 1. The van der Waals surface area contributed by atoms with E-state index in [1.807, 2.05) is 0 Å². The van der Waals surface area contributed by atoms with Crippen LogP contribution in [0, 0.1) is 0 Å². The van der Waals surface area contributed by atoms with Crippen molar-refractivity contribution in [1.29, 1.82) is 0 Å². The predicted molar refractivity (Wildman–Crippen MR) is 44.4 cm³/mol. The molecule has 0 heterocycles. The lowest BCUT2D eigenvalue weighted by molar-refractivity contribution is -0.292. The second-order valence-corrected chi connectivity index (χ2v) is 3.33. The highest BCUT2D eigenvalue weighted by atomic mass is 19.4. The summed E-state index contributed by atoms with van der Waals surface area (Å²) in [5, 5.41) is 0. The Hall–Kier alpha value is -1.24. The van der Waals surface area contributed by atoms with Gasteiger partial charge in [-0.3, -0.25) is 0 Å². The third-order valence-corrected chi connectivity index (χ3v) is 2.58. The first-order chi connectivity index (χ1) is 6.71. The highest BCUT2D eigenvalue weighted by Crippen LogP contribution is 2.60. The fourth-order valence-corrected chi connectivity index (χ4v) is 1.89. The van der Waals surface area contributed by atoms with Crippen LogP contribution in [0.1, 0.15) is 11.1 Å². The molecule has 1 nitrogen and oxygen atoms in total. The molecule has 0 atom stereocenters. The minimum atomic E-state index is -5.34. The van der Waals surface area contributed by atoms with Gasteiger partial charge in [0.15, 0.2) is 0 Å². The Balaban J connectivity index is 0.00000128. The summed E-state index contributed by atoms with van der Waals surface area (Å²) in [6, 6.07) is 3.77. The first-order valence-electron chi connectivity index (χ1n) is 3.96. The Morgan fingerprint density at radius 3 is 1.38 bits per heavy atom. The highest BCUT2D eigenvalue weighted by molar-refractivity contribution is 5.54. The van der Waals surface area contributed by atoms with E-state index >= 15 is 0 Å². The molecule has 0 aliphatic heterocycles. The maximum atomic E-state index is 12.5. The van der Waals surface area contributed by atoms with Crippen LogP contribution in [0.5, 0.6) is 0 Å². The molecule has 0 saturated carbocycles. The summed E-state index contributed by atoms with van der Waals surface area (Å²) in [7, 11) is 0. The van der Waals surface area contributed by atoms with Crippen molar-refractivity contribution in [3.8, 4) is 0 Å². The second-order valence-electron chi connectivity index (χ2n) is 3.33. The maximum Gasteiger partial charge on any atom is 0.411 e. The zero-order valence-corrected chi connectivity index (χ0v) is 7.78. The average Bonchev–Trinajstić information content (AvgIpc) is 1.99. The van der Waals surface area contributed by atoms with Gasteiger partial charge in [0.25, 0.3) is 0 Å². The molecule has 0 unspecified atom stereocenters. The zero-order chi connectivity index (χ0) is 11.5. The van der Waals surface area contributed by atoms with E-state index in [-0.39, 0.29) is 6.15 Å². The summed E-state index contributed by atoms with van der Waals surface area (Å²) in [6.07, 6.45) is -10.7. The number of hydrogen-bond acceptors (Lipinski definition) is 1. The van der Waals surface area contributed by atoms with Crippen LogP contribution in [0.15, 0.2) is 24.3 Å². The standard InChI is InChI=1S/C9H4F6.H3N/c10-8(11,12)7(9(13,14)15)5-2-1-3-6(7)4-5;/h1-4H;1H3. The van der Waals surface area contributed by atoms with Crippen LogP contribution in [0.25, 0.3) is 0 Å². The van der Waals surface area contributed by atoms with E-state index < -0.39 is 28.9 Å². The van der Waals surface area contributed by atoms with Gasteiger partial charge in [-0.1, -0.05) is 24.3 Å². The molecule has 0 fully saturated rings. The van der Waals surface area contributed by atoms with Crippen molar-refractivity contribution in [2.45, 2.75) is 17.8 Å². The first-order valence-corrected chi connectivity index (χ1v) is 3.96. The third-order valence-electron chi connectivity index (χ3n) is 2.58. The zero-order valence-electron chi connectivity index (χ0n) is 7.78. The second kappa shape index (κ2) is 3.13. The normalized spacial score (nSPS) is 17.4. The lowest BCUT2D eigenvalue weighted by atomic mass is 9.64. The van der Waals surface area contributed by atoms with Crippen LogP contribution in [0.2, 0.25) is 0 Å². The number of rotatable bonds is 0. The largest absolute Gasteiger partial charge is 0.411 e. The molecule has 0 saturated heterocycles. The van der Waals surface area contributed by atoms with Crippen LogP contribution < -0.4 is 6.15 Å². The molecular formula is C9H7F6N. The summed E-state index contributed by atoms with van der Waals surface area (Å²) in [5.74, 6) is 0. The van der Waals surface area contributed by atoms with Crippen molar-refractivity contribution in [2.24, 2.45) is 0 Å². The van der Waals surface area contributed by atoms with Crippen molar-refractivity contribution in [1.82, 2.24) is 6.15 Å². The maximum absolute atomic E-state index is 12.5. The molecule has 90 valence electrons. The molecule has 1 aromatic carbocycles. The number of benzene rings is 1. The highest BCUT2D eigenvalue weighted by Gasteiger charge is 2.75. The molecule has 3 N–H and O–H groups in total. The SMILES string of the molecule is FC(F)(F)C1(C(F)(F)F)c2cccc1c2.N. The average molecular weight is 243 g/mol. The molecule has 0 amide bonds. The molecule has 7 heteroatoms. The van der Waals surface area contributed by atoms with Gasteiger partial charge in [0, 0.05) is 0 Å². The van der Waals surface area contributed by atoms with Crippen LogP contribution in [-0.4, -0.2) is 12.4 Å². The van der Waals surface area contributed by atoms with Crippen LogP contribution in [0.4, 0.5) is 26.3 Å². The fourth-order valence-electron chi connectivity index (χ4n) is 1.89. The van der Waals surface area contributed by atoms with Gasteiger partial charge in [-0.25, -0.2) is 0 Å². The lowest BCUT2D eigenvalue weighted by Crippen LogP contribution is -2.58. The lowest BCUT2D eigenvalue weighted by Gasteiger charge is -2.44. The smallest absolute Gasteiger partial charge is 0.344 e. The molecule has 0 radical (unpaired) electrons. The van der Waals surface area contributed by atoms with E-state index in [9.17, 15) is 26.3 Å². The fraction of sp³-hybridized carbons (Fsp3) is 0.333. The van der Waals surface area contributed by atoms with Crippen LogP contribution >= 0.6 is 0 Å². The van der Waals surface area contributed by atoms with Gasteiger partial charge < -0.3 is 6.15 Å². The Morgan fingerprint density at radius 1 is 0.812 bits per heavy atom. The molecular weight excluding hydrogens is 236 g/mol. The summed E-state index contributed by atoms with van der Waals surface area (Å²) in [6.45, 7) is 0. The number of halogens is 6. The van der Waals surface area contributed by atoms with E-state index in [4.69, 9.17) is 0 Å². The molecule has 16 heavy (non-hydrogen) atoms. The van der Waals surface area contributed by atoms with Gasteiger partial charge in [-0.05, 0) is 11.1 Å². The van der Waals surface area contributed by atoms with Gasteiger partial charge in [0.2, 0.25) is 5.41 Å². The molecule has 3 rings (SSSR count). The Kier molecular flexibility index (Phi) is 2.51. The van der Waals surface area contributed by atoms with Crippen molar-refractivity contribution in [3.05, 3.63) is 35.4 Å².